The standard InChI is InChI=1S/C12H10N2O5S2/c13-11(15)7-2-1-3-8(6-7)14-21(18,19)10-5-4-9(20-10)12(16)17/h1-6,14H,(H2,13,15)(H,16,17). The van der Waals surface area contributed by atoms with E-state index in [0.29, 0.717) is 11.3 Å². The summed E-state index contributed by atoms with van der Waals surface area (Å²) < 4.78 is 26.3. The van der Waals surface area contributed by atoms with Crippen molar-refractivity contribution in [1.29, 1.82) is 0 Å². The van der Waals surface area contributed by atoms with Gasteiger partial charge in [-0.1, -0.05) is 6.07 Å². The molecule has 1 aromatic carbocycles. The molecule has 4 N–H and O–H groups in total. The molecule has 0 spiro atoms. The number of aromatic carboxylic acids is 1. The Morgan fingerprint density at radius 2 is 1.90 bits per heavy atom. The number of carbonyl (C=O) groups excluding carboxylic acids is 1. The van der Waals surface area contributed by atoms with E-state index in [1.165, 1.54) is 36.4 Å². The Morgan fingerprint density at radius 1 is 1.19 bits per heavy atom. The topological polar surface area (TPSA) is 127 Å². The van der Waals surface area contributed by atoms with E-state index in [9.17, 15) is 18.0 Å². The average Bonchev–Trinajstić information content (AvgIpc) is 2.89. The third-order valence-corrected chi connectivity index (χ3v) is 5.40. The van der Waals surface area contributed by atoms with Gasteiger partial charge in [0.25, 0.3) is 10.0 Å². The van der Waals surface area contributed by atoms with Gasteiger partial charge in [0.15, 0.2) is 0 Å². The highest BCUT2D eigenvalue weighted by Gasteiger charge is 2.19. The molecule has 9 heteroatoms. The summed E-state index contributed by atoms with van der Waals surface area (Å²) in [6.45, 7) is 0. The lowest BCUT2D eigenvalue weighted by Crippen LogP contribution is -2.14. The van der Waals surface area contributed by atoms with Gasteiger partial charge in [-0.05, 0) is 30.3 Å². The molecular weight excluding hydrogens is 316 g/mol. The number of amides is 1. The van der Waals surface area contributed by atoms with Crippen LogP contribution in [0.4, 0.5) is 5.69 Å². The van der Waals surface area contributed by atoms with Crippen molar-refractivity contribution in [2.45, 2.75) is 4.21 Å². The Kier molecular flexibility index (Phi) is 3.96. The van der Waals surface area contributed by atoms with Crippen LogP contribution in [0.25, 0.3) is 0 Å². The van der Waals surface area contributed by atoms with Crippen LogP contribution in [0.3, 0.4) is 0 Å². The minimum absolute atomic E-state index is 0.0822. The molecule has 110 valence electrons. The van der Waals surface area contributed by atoms with E-state index < -0.39 is 21.9 Å². The van der Waals surface area contributed by atoms with Crippen LogP contribution in [0.1, 0.15) is 20.0 Å². The molecule has 0 aliphatic rings. The van der Waals surface area contributed by atoms with Crippen LogP contribution in [0, 0.1) is 0 Å². The van der Waals surface area contributed by atoms with Crippen LogP contribution in [-0.4, -0.2) is 25.4 Å². The highest BCUT2D eigenvalue weighted by Crippen LogP contribution is 2.24. The second-order valence-corrected chi connectivity index (χ2v) is 6.97. The maximum atomic E-state index is 12.1. The van der Waals surface area contributed by atoms with Gasteiger partial charge in [0, 0.05) is 11.3 Å². The number of sulfonamides is 1. The van der Waals surface area contributed by atoms with E-state index in [4.69, 9.17) is 10.8 Å². The number of hydrogen-bond acceptors (Lipinski definition) is 5. The first kappa shape index (κ1) is 15.0. The van der Waals surface area contributed by atoms with Gasteiger partial charge >= 0.3 is 5.97 Å². The molecule has 0 atom stereocenters. The van der Waals surface area contributed by atoms with Crippen LogP contribution < -0.4 is 10.5 Å². The highest BCUT2D eigenvalue weighted by molar-refractivity contribution is 7.94. The summed E-state index contributed by atoms with van der Waals surface area (Å²) in [5, 5.41) is 8.79. The number of benzene rings is 1. The van der Waals surface area contributed by atoms with Gasteiger partial charge in [-0.15, -0.1) is 11.3 Å². The molecule has 1 aromatic heterocycles. The Labute approximate surface area is 124 Å². The molecular formula is C12H10N2O5S2. The zero-order valence-electron chi connectivity index (χ0n) is 10.4. The summed E-state index contributed by atoms with van der Waals surface area (Å²) in [4.78, 5) is 21.7. The van der Waals surface area contributed by atoms with E-state index >= 15 is 0 Å². The Hall–Kier alpha value is -2.39. The summed E-state index contributed by atoms with van der Waals surface area (Å²) in [6.07, 6.45) is 0. The number of carboxylic acids is 1. The first-order valence-corrected chi connectivity index (χ1v) is 7.85. The van der Waals surface area contributed by atoms with Crippen molar-refractivity contribution in [3.63, 3.8) is 0 Å². The number of thiophene rings is 1. The monoisotopic (exact) mass is 326 g/mol. The van der Waals surface area contributed by atoms with Gasteiger partial charge in [0.1, 0.15) is 9.09 Å². The van der Waals surface area contributed by atoms with Gasteiger partial charge in [-0.3, -0.25) is 9.52 Å². The molecule has 0 fully saturated rings. The van der Waals surface area contributed by atoms with E-state index in [1.54, 1.807) is 0 Å². The lowest BCUT2D eigenvalue weighted by atomic mass is 10.2. The number of nitrogens with two attached hydrogens (primary N) is 1. The fourth-order valence-corrected chi connectivity index (χ4v) is 3.72. The van der Waals surface area contributed by atoms with Crippen molar-refractivity contribution >= 4 is 38.9 Å². The Balaban J connectivity index is 2.30. The minimum atomic E-state index is -3.92. The van der Waals surface area contributed by atoms with Crippen molar-refractivity contribution in [3.8, 4) is 0 Å². The lowest BCUT2D eigenvalue weighted by molar-refractivity contribution is 0.0702. The van der Waals surface area contributed by atoms with Crippen LogP contribution in [0.5, 0.6) is 0 Å². The second kappa shape index (κ2) is 5.54. The van der Waals surface area contributed by atoms with Crippen molar-refractivity contribution in [3.05, 3.63) is 46.8 Å². The quantitative estimate of drug-likeness (QED) is 0.764. The summed E-state index contributed by atoms with van der Waals surface area (Å²) in [5.41, 5.74) is 5.44. The van der Waals surface area contributed by atoms with Crippen LogP contribution in [0.2, 0.25) is 0 Å². The second-order valence-electron chi connectivity index (χ2n) is 3.97. The van der Waals surface area contributed by atoms with Gasteiger partial charge in [-0.2, -0.15) is 0 Å². The summed E-state index contributed by atoms with van der Waals surface area (Å²) >= 11 is 0.636. The summed E-state index contributed by atoms with van der Waals surface area (Å²) in [5.74, 6) is -1.88. The largest absolute Gasteiger partial charge is 0.477 e. The number of anilines is 1. The van der Waals surface area contributed by atoms with Gasteiger partial charge in [0.2, 0.25) is 5.91 Å². The number of rotatable bonds is 5. The molecule has 21 heavy (non-hydrogen) atoms. The molecule has 1 heterocycles. The zero-order valence-corrected chi connectivity index (χ0v) is 12.1. The molecule has 0 saturated carbocycles. The molecule has 0 saturated heterocycles. The van der Waals surface area contributed by atoms with E-state index in [-0.39, 0.29) is 20.3 Å². The van der Waals surface area contributed by atoms with E-state index in [0.717, 1.165) is 0 Å². The SMILES string of the molecule is NC(=O)c1cccc(NS(=O)(=O)c2ccc(C(=O)O)s2)c1. The van der Waals surface area contributed by atoms with Gasteiger partial charge in [0.05, 0.1) is 0 Å². The maximum Gasteiger partial charge on any atom is 0.345 e. The molecule has 0 radical (unpaired) electrons. The van der Waals surface area contributed by atoms with Crippen LogP contribution in [-0.2, 0) is 10.0 Å². The molecule has 0 unspecified atom stereocenters. The number of hydrogen-bond donors (Lipinski definition) is 3. The molecule has 2 aromatic rings. The number of carbonyl (C=O) groups is 2. The first-order chi connectivity index (χ1) is 9.79. The maximum absolute atomic E-state index is 12.1. The fraction of sp³-hybridized carbons (Fsp3) is 0. The molecule has 0 aliphatic carbocycles. The Bertz CT molecular complexity index is 811. The van der Waals surface area contributed by atoms with Crippen molar-refractivity contribution in [1.82, 2.24) is 0 Å². The van der Waals surface area contributed by atoms with Crippen molar-refractivity contribution in [2.75, 3.05) is 4.72 Å². The van der Waals surface area contributed by atoms with Crippen LogP contribution >= 0.6 is 11.3 Å². The van der Waals surface area contributed by atoms with Gasteiger partial charge in [-0.25, -0.2) is 13.2 Å². The molecule has 7 nitrogen and oxygen atoms in total. The summed E-state index contributed by atoms with van der Waals surface area (Å²) in [6, 6.07) is 8.10. The lowest BCUT2D eigenvalue weighted by Gasteiger charge is -2.06. The first-order valence-electron chi connectivity index (χ1n) is 5.55. The molecule has 0 aliphatic heterocycles. The minimum Gasteiger partial charge on any atom is -0.477 e. The number of nitrogens with one attached hydrogen (secondary N) is 1. The molecule has 2 rings (SSSR count). The van der Waals surface area contributed by atoms with Crippen molar-refractivity contribution < 1.29 is 23.1 Å². The Morgan fingerprint density at radius 3 is 2.48 bits per heavy atom. The van der Waals surface area contributed by atoms with E-state index in [2.05, 4.69) is 4.72 Å². The van der Waals surface area contributed by atoms with Crippen molar-refractivity contribution in [2.24, 2.45) is 5.73 Å². The zero-order chi connectivity index (χ0) is 15.6. The molecule has 1 amide bonds. The predicted octanol–water partition coefficient (Wildman–Crippen LogP) is 1.35. The predicted molar refractivity (Wildman–Crippen MR) is 77.0 cm³/mol. The number of primary amides is 1. The number of carboxylic acid groups (broad SMARTS) is 1. The third kappa shape index (κ3) is 3.38. The molecule has 0 bridgehead atoms. The third-order valence-electron chi connectivity index (χ3n) is 2.46. The van der Waals surface area contributed by atoms with Gasteiger partial charge < -0.3 is 10.8 Å². The average molecular weight is 326 g/mol. The highest BCUT2D eigenvalue weighted by atomic mass is 32.2. The smallest absolute Gasteiger partial charge is 0.345 e. The normalized spacial score (nSPS) is 11.0. The summed E-state index contributed by atoms with van der Waals surface area (Å²) in [7, 11) is -3.92. The van der Waals surface area contributed by atoms with Crippen LogP contribution in [0.15, 0.2) is 40.6 Å². The van der Waals surface area contributed by atoms with E-state index in [1.807, 2.05) is 0 Å². The fourth-order valence-electron chi connectivity index (χ4n) is 1.52.